The molecule has 1 unspecified atom stereocenters. The number of hydrogen-bond donors (Lipinski definition) is 1. The summed E-state index contributed by atoms with van der Waals surface area (Å²) in [4.78, 5) is 11.5. The Labute approximate surface area is 102 Å². The van der Waals surface area contributed by atoms with Crippen LogP contribution in [0.1, 0.15) is 6.92 Å². The van der Waals surface area contributed by atoms with E-state index in [-0.39, 0.29) is 6.61 Å². The molecule has 1 aromatic carbocycles. The quantitative estimate of drug-likeness (QED) is 0.516. The first-order chi connectivity index (χ1) is 7.54. The third-order valence-corrected chi connectivity index (χ3v) is 2.93. The molecular weight excluding hydrogens is 253 g/mol. The van der Waals surface area contributed by atoms with Crippen LogP contribution in [-0.4, -0.2) is 18.1 Å². The van der Waals surface area contributed by atoms with Crippen molar-refractivity contribution in [1.82, 2.24) is 0 Å². The molecule has 1 aromatic rings. The Hall–Kier alpha value is -0.940. The minimum Gasteiger partial charge on any atom is -0.463 e. The van der Waals surface area contributed by atoms with Crippen molar-refractivity contribution >= 4 is 35.0 Å². The lowest BCUT2D eigenvalue weighted by atomic mass is 10.3. The summed E-state index contributed by atoms with van der Waals surface area (Å²) in [6.07, 6.45) is 0. The predicted octanol–water partition coefficient (Wildman–Crippen LogP) is 2.87. The fourth-order valence-corrected chi connectivity index (χ4v) is 1.90. The topological polar surface area (TPSA) is 52.3 Å². The van der Waals surface area contributed by atoms with Gasteiger partial charge in [-0.2, -0.15) is 0 Å². The van der Waals surface area contributed by atoms with E-state index < -0.39 is 11.5 Å². The second-order valence-corrected chi connectivity index (χ2v) is 4.39. The Bertz CT molecular complexity index is 389. The highest BCUT2D eigenvalue weighted by atomic mass is 35.5. The van der Waals surface area contributed by atoms with Crippen molar-refractivity contribution in [2.24, 2.45) is 0 Å². The number of carbonyl (C=O) groups is 1. The van der Waals surface area contributed by atoms with Crippen molar-refractivity contribution in [2.45, 2.75) is 17.3 Å². The number of nitrogen functional groups attached to an aromatic ring is 1. The van der Waals surface area contributed by atoms with Gasteiger partial charge in [-0.3, -0.25) is 0 Å². The summed E-state index contributed by atoms with van der Waals surface area (Å²) < 4.78 is 17.9. The molecular formula is C10H11ClFNO2S. The second kappa shape index (κ2) is 5.96. The lowest BCUT2D eigenvalue weighted by molar-refractivity contribution is -0.145. The molecule has 0 aromatic heterocycles. The number of alkyl halides is 1. The third-order valence-electron chi connectivity index (χ3n) is 1.67. The fraction of sp³-hybridized carbons (Fsp3) is 0.300. The number of esters is 1. The fourth-order valence-electron chi connectivity index (χ4n) is 0.994. The normalized spacial score (nSPS) is 12.2. The van der Waals surface area contributed by atoms with Crippen molar-refractivity contribution < 1.29 is 13.9 Å². The van der Waals surface area contributed by atoms with Crippen LogP contribution in [0.4, 0.5) is 10.1 Å². The van der Waals surface area contributed by atoms with Crippen LogP contribution in [0.15, 0.2) is 23.1 Å². The van der Waals surface area contributed by atoms with Gasteiger partial charge >= 0.3 is 5.97 Å². The molecule has 88 valence electrons. The van der Waals surface area contributed by atoms with Crippen LogP contribution < -0.4 is 5.73 Å². The van der Waals surface area contributed by atoms with Gasteiger partial charge in [0.05, 0.1) is 6.61 Å². The summed E-state index contributed by atoms with van der Waals surface area (Å²) in [5, 5.41) is 0.466. The third kappa shape index (κ3) is 3.57. The molecule has 0 saturated carbocycles. The standard InChI is InChI=1S/C10H11ClFNO2S/c1-2-15-10(14)9(12)16-8-4-3-6(11)5-7(8)13/h3-5,9H,2,13H2,1H3. The number of ether oxygens (including phenoxy) is 1. The van der Waals surface area contributed by atoms with Crippen LogP contribution in [0, 0.1) is 0 Å². The first-order valence-corrected chi connectivity index (χ1v) is 5.82. The van der Waals surface area contributed by atoms with Gasteiger partial charge in [-0.25, -0.2) is 9.18 Å². The Morgan fingerprint density at radius 1 is 1.69 bits per heavy atom. The zero-order valence-electron chi connectivity index (χ0n) is 8.57. The minimum absolute atomic E-state index is 0.149. The molecule has 0 fully saturated rings. The van der Waals surface area contributed by atoms with Crippen LogP contribution in [0.2, 0.25) is 5.02 Å². The molecule has 0 bridgehead atoms. The van der Waals surface area contributed by atoms with E-state index in [4.69, 9.17) is 17.3 Å². The number of anilines is 1. The lowest BCUT2D eigenvalue weighted by Crippen LogP contribution is -2.15. The first-order valence-electron chi connectivity index (χ1n) is 4.57. The van der Waals surface area contributed by atoms with Gasteiger partial charge in [-0.05, 0) is 25.1 Å². The van der Waals surface area contributed by atoms with Gasteiger partial charge in [0, 0.05) is 15.6 Å². The maximum atomic E-state index is 13.3. The van der Waals surface area contributed by atoms with E-state index in [2.05, 4.69) is 4.74 Å². The number of nitrogens with two attached hydrogens (primary N) is 1. The predicted molar refractivity (Wildman–Crippen MR) is 63.3 cm³/mol. The maximum Gasteiger partial charge on any atom is 0.351 e. The zero-order chi connectivity index (χ0) is 12.1. The maximum absolute atomic E-state index is 13.3. The monoisotopic (exact) mass is 263 g/mol. The second-order valence-electron chi connectivity index (χ2n) is 2.87. The van der Waals surface area contributed by atoms with E-state index in [1.54, 1.807) is 19.1 Å². The molecule has 0 aliphatic rings. The highest BCUT2D eigenvalue weighted by Gasteiger charge is 2.20. The molecule has 0 saturated heterocycles. The van der Waals surface area contributed by atoms with Crippen molar-refractivity contribution in [3.63, 3.8) is 0 Å². The van der Waals surface area contributed by atoms with Crippen LogP contribution in [-0.2, 0) is 9.53 Å². The van der Waals surface area contributed by atoms with Gasteiger partial charge in [0.25, 0.3) is 0 Å². The van der Waals surface area contributed by atoms with Gasteiger partial charge in [0.15, 0.2) is 0 Å². The summed E-state index contributed by atoms with van der Waals surface area (Å²) in [5.41, 5.74) is 4.18. The van der Waals surface area contributed by atoms with Crippen molar-refractivity contribution in [2.75, 3.05) is 12.3 Å². The number of benzene rings is 1. The van der Waals surface area contributed by atoms with E-state index in [9.17, 15) is 9.18 Å². The van der Waals surface area contributed by atoms with Gasteiger partial charge in [0.1, 0.15) is 0 Å². The highest BCUT2D eigenvalue weighted by Crippen LogP contribution is 2.31. The van der Waals surface area contributed by atoms with Gasteiger partial charge in [0.2, 0.25) is 5.50 Å². The van der Waals surface area contributed by atoms with Crippen LogP contribution in [0.3, 0.4) is 0 Å². The average Bonchev–Trinajstić information content (AvgIpc) is 2.22. The van der Waals surface area contributed by atoms with Crippen molar-refractivity contribution in [3.05, 3.63) is 23.2 Å². The number of halogens is 2. The molecule has 0 spiro atoms. The molecule has 0 aliphatic heterocycles. The van der Waals surface area contributed by atoms with E-state index in [1.807, 2.05) is 0 Å². The van der Waals surface area contributed by atoms with Gasteiger partial charge in [-0.1, -0.05) is 23.4 Å². The molecule has 6 heteroatoms. The van der Waals surface area contributed by atoms with E-state index in [0.29, 0.717) is 27.4 Å². The molecule has 0 radical (unpaired) electrons. The van der Waals surface area contributed by atoms with Crippen LogP contribution in [0.25, 0.3) is 0 Å². The van der Waals surface area contributed by atoms with E-state index in [0.717, 1.165) is 0 Å². The van der Waals surface area contributed by atoms with Crippen molar-refractivity contribution in [1.29, 1.82) is 0 Å². The Morgan fingerprint density at radius 3 is 2.94 bits per heavy atom. The van der Waals surface area contributed by atoms with Crippen molar-refractivity contribution in [3.8, 4) is 0 Å². The number of rotatable bonds is 4. The largest absolute Gasteiger partial charge is 0.463 e. The zero-order valence-corrected chi connectivity index (χ0v) is 10.1. The highest BCUT2D eigenvalue weighted by molar-refractivity contribution is 8.00. The smallest absolute Gasteiger partial charge is 0.351 e. The minimum atomic E-state index is -1.77. The Morgan fingerprint density at radius 2 is 2.38 bits per heavy atom. The molecule has 1 rings (SSSR count). The molecule has 0 amide bonds. The Balaban J connectivity index is 2.69. The molecule has 3 nitrogen and oxygen atoms in total. The summed E-state index contributed by atoms with van der Waals surface area (Å²) in [5.74, 6) is -0.901. The summed E-state index contributed by atoms with van der Waals surface area (Å²) in [6.45, 7) is 1.77. The van der Waals surface area contributed by atoms with E-state index >= 15 is 0 Å². The number of hydrogen-bond acceptors (Lipinski definition) is 4. The lowest BCUT2D eigenvalue weighted by Gasteiger charge is -2.09. The number of carbonyl (C=O) groups excluding carboxylic acids is 1. The van der Waals surface area contributed by atoms with Gasteiger partial charge in [-0.15, -0.1) is 0 Å². The van der Waals surface area contributed by atoms with Gasteiger partial charge < -0.3 is 10.5 Å². The van der Waals surface area contributed by atoms with Crippen LogP contribution >= 0.6 is 23.4 Å². The SMILES string of the molecule is CCOC(=O)C(F)Sc1ccc(Cl)cc1N. The molecule has 2 N–H and O–H groups in total. The summed E-state index contributed by atoms with van der Waals surface area (Å²) >= 11 is 6.39. The summed E-state index contributed by atoms with van der Waals surface area (Å²) in [7, 11) is 0. The molecule has 16 heavy (non-hydrogen) atoms. The molecule has 1 atom stereocenters. The van der Waals surface area contributed by atoms with Crippen LogP contribution in [0.5, 0.6) is 0 Å². The first kappa shape index (κ1) is 13.1. The number of thioether (sulfide) groups is 1. The van der Waals surface area contributed by atoms with E-state index in [1.165, 1.54) is 6.07 Å². The Kier molecular flexibility index (Phi) is 4.89. The molecule has 0 heterocycles. The average molecular weight is 264 g/mol. The molecule has 0 aliphatic carbocycles. The summed E-state index contributed by atoms with van der Waals surface area (Å²) in [6, 6.07) is 4.65.